The molecule has 1 fully saturated rings. The quantitative estimate of drug-likeness (QED) is 0.853. The second-order valence-corrected chi connectivity index (χ2v) is 4.50. The number of nitrogens with two attached hydrogens (primary N) is 1. The van der Waals surface area contributed by atoms with Gasteiger partial charge in [0.1, 0.15) is 5.82 Å². The van der Waals surface area contributed by atoms with E-state index < -0.39 is 0 Å². The first-order valence-corrected chi connectivity index (χ1v) is 8.14. The zero-order valence-electron chi connectivity index (χ0n) is 14.4. The van der Waals surface area contributed by atoms with Crippen molar-refractivity contribution in [2.75, 3.05) is 30.8 Å². The molecule has 1 aromatic heterocycles. The molecule has 1 saturated heterocycles. The molecule has 2 aromatic rings. The van der Waals surface area contributed by atoms with Crippen LogP contribution in [0.4, 0.5) is 11.5 Å². The summed E-state index contributed by atoms with van der Waals surface area (Å²) in [7, 11) is 1.58. The van der Waals surface area contributed by atoms with Gasteiger partial charge in [-0.3, -0.25) is 0 Å². The number of hydrogen-bond donors (Lipinski definition) is 1. The first-order chi connectivity index (χ1) is 10.8. The van der Waals surface area contributed by atoms with Crippen molar-refractivity contribution >= 4 is 22.4 Å². The van der Waals surface area contributed by atoms with Gasteiger partial charge < -0.3 is 15.4 Å². The summed E-state index contributed by atoms with van der Waals surface area (Å²) in [5.74, 6) is 0.953. The van der Waals surface area contributed by atoms with Crippen LogP contribution in [0.1, 0.15) is 40.5 Å². The Bertz CT molecular complexity index is 580. The zero-order chi connectivity index (χ0) is 16.5. The maximum absolute atomic E-state index is 5.80. The van der Waals surface area contributed by atoms with Gasteiger partial charge in [0.05, 0.1) is 12.6 Å². The summed E-state index contributed by atoms with van der Waals surface area (Å²) in [6.07, 6.45) is 2.42. The number of rotatable bonds is 2. The normalized spacial score (nSPS) is 13.0. The summed E-state index contributed by atoms with van der Waals surface area (Å²) < 4.78 is 5.17. The first kappa shape index (κ1) is 18.0. The largest absolute Gasteiger partial charge is 0.467 e. The van der Waals surface area contributed by atoms with Gasteiger partial charge in [0.2, 0.25) is 0 Å². The Hall–Kier alpha value is -2.04. The van der Waals surface area contributed by atoms with E-state index in [0.29, 0.717) is 11.7 Å². The van der Waals surface area contributed by atoms with E-state index in [0.717, 1.165) is 29.8 Å². The monoisotopic (exact) mass is 304 g/mol. The highest BCUT2D eigenvalue weighted by molar-refractivity contribution is 5.91. The SMILES string of the molecule is CC.CC.COc1nc(N2CCCC2)c2ccc(N)cc2n1. The van der Waals surface area contributed by atoms with Crippen molar-refractivity contribution in [1.29, 1.82) is 0 Å². The number of anilines is 2. The molecule has 0 atom stereocenters. The minimum atomic E-state index is 0.398. The van der Waals surface area contributed by atoms with Crippen LogP contribution in [-0.2, 0) is 0 Å². The summed E-state index contributed by atoms with van der Waals surface area (Å²) in [6.45, 7) is 10.1. The lowest BCUT2D eigenvalue weighted by molar-refractivity contribution is 0.382. The lowest BCUT2D eigenvalue weighted by atomic mass is 10.2. The van der Waals surface area contributed by atoms with E-state index in [4.69, 9.17) is 10.5 Å². The lowest BCUT2D eigenvalue weighted by Gasteiger charge is -2.18. The van der Waals surface area contributed by atoms with E-state index in [-0.39, 0.29) is 0 Å². The molecule has 1 aliphatic rings. The van der Waals surface area contributed by atoms with Crippen molar-refractivity contribution in [3.63, 3.8) is 0 Å². The number of benzene rings is 1. The van der Waals surface area contributed by atoms with Crippen LogP contribution in [0.3, 0.4) is 0 Å². The van der Waals surface area contributed by atoms with Crippen molar-refractivity contribution in [1.82, 2.24) is 9.97 Å². The minimum Gasteiger partial charge on any atom is -0.467 e. The topological polar surface area (TPSA) is 64.3 Å². The predicted octanol–water partition coefficient (Wildman–Crippen LogP) is 3.87. The number of aromatic nitrogens is 2. The van der Waals surface area contributed by atoms with Crippen molar-refractivity contribution in [2.45, 2.75) is 40.5 Å². The third kappa shape index (κ3) is 4.00. The van der Waals surface area contributed by atoms with Gasteiger partial charge in [-0.15, -0.1) is 0 Å². The van der Waals surface area contributed by atoms with Crippen molar-refractivity contribution in [3.8, 4) is 6.01 Å². The van der Waals surface area contributed by atoms with Crippen LogP contribution in [-0.4, -0.2) is 30.2 Å². The number of methoxy groups -OCH3 is 1. The van der Waals surface area contributed by atoms with Gasteiger partial charge >= 0.3 is 6.01 Å². The summed E-state index contributed by atoms with van der Waals surface area (Å²) in [4.78, 5) is 11.1. The average Bonchev–Trinajstić information content (AvgIpc) is 3.11. The minimum absolute atomic E-state index is 0.398. The molecule has 22 heavy (non-hydrogen) atoms. The second kappa shape index (κ2) is 9.07. The Morgan fingerprint density at radius 3 is 2.27 bits per heavy atom. The summed E-state index contributed by atoms with van der Waals surface area (Å²) in [6, 6.07) is 6.13. The molecule has 0 radical (unpaired) electrons. The Labute approximate surface area is 133 Å². The third-order valence-electron chi connectivity index (χ3n) is 3.27. The van der Waals surface area contributed by atoms with Crippen LogP contribution < -0.4 is 15.4 Å². The molecule has 1 aliphatic heterocycles. The van der Waals surface area contributed by atoms with Gasteiger partial charge in [0.25, 0.3) is 0 Å². The Balaban J connectivity index is 0.000000561. The van der Waals surface area contributed by atoms with Gasteiger partial charge in [-0.25, -0.2) is 0 Å². The third-order valence-corrected chi connectivity index (χ3v) is 3.27. The van der Waals surface area contributed by atoms with Crippen LogP contribution in [0.2, 0.25) is 0 Å². The standard InChI is InChI=1S/C13H16N4O.2C2H6/c1-18-13-15-11-8-9(14)4-5-10(11)12(16-13)17-6-2-3-7-17;2*1-2/h4-5,8H,2-3,6-7,14H2,1H3;2*1-2H3. The van der Waals surface area contributed by atoms with E-state index in [1.807, 2.05) is 45.9 Å². The first-order valence-electron chi connectivity index (χ1n) is 8.14. The smallest absolute Gasteiger partial charge is 0.318 e. The molecule has 122 valence electrons. The van der Waals surface area contributed by atoms with Gasteiger partial charge in [-0.1, -0.05) is 27.7 Å². The number of ether oxygens (including phenoxy) is 1. The van der Waals surface area contributed by atoms with Crippen LogP contribution in [0, 0.1) is 0 Å². The van der Waals surface area contributed by atoms with E-state index in [2.05, 4.69) is 14.9 Å². The molecule has 0 unspecified atom stereocenters. The summed E-state index contributed by atoms with van der Waals surface area (Å²) in [5, 5.41) is 1.03. The molecule has 0 saturated carbocycles. The van der Waals surface area contributed by atoms with Crippen molar-refractivity contribution in [2.24, 2.45) is 0 Å². The number of hydrogen-bond acceptors (Lipinski definition) is 5. The fourth-order valence-corrected chi connectivity index (χ4v) is 2.37. The van der Waals surface area contributed by atoms with Crippen LogP contribution in [0.25, 0.3) is 10.9 Å². The Kier molecular flexibility index (Phi) is 7.43. The molecule has 2 N–H and O–H groups in total. The summed E-state index contributed by atoms with van der Waals surface area (Å²) in [5.41, 5.74) is 7.35. The van der Waals surface area contributed by atoms with E-state index >= 15 is 0 Å². The molecule has 1 aromatic carbocycles. The highest BCUT2D eigenvalue weighted by Gasteiger charge is 2.18. The highest BCUT2D eigenvalue weighted by Crippen LogP contribution is 2.29. The van der Waals surface area contributed by atoms with Gasteiger partial charge in [-0.2, -0.15) is 9.97 Å². The molecule has 0 bridgehead atoms. The Morgan fingerprint density at radius 1 is 1.05 bits per heavy atom. The molecule has 3 rings (SSSR count). The van der Waals surface area contributed by atoms with Gasteiger partial charge in [0.15, 0.2) is 0 Å². The molecule has 0 spiro atoms. The van der Waals surface area contributed by atoms with Crippen molar-refractivity contribution < 1.29 is 4.74 Å². The lowest BCUT2D eigenvalue weighted by Crippen LogP contribution is -2.19. The predicted molar refractivity (Wildman–Crippen MR) is 94.6 cm³/mol. The van der Waals surface area contributed by atoms with E-state index in [9.17, 15) is 0 Å². The molecular formula is C17H28N4O. The molecule has 0 amide bonds. The molecule has 0 aliphatic carbocycles. The number of nitrogen functional groups attached to an aromatic ring is 1. The van der Waals surface area contributed by atoms with Crippen LogP contribution in [0.15, 0.2) is 18.2 Å². The van der Waals surface area contributed by atoms with Crippen molar-refractivity contribution in [3.05, 3.63) is 18.2 Å². The second-order valence-electron chi connectivity index (χ2n) is 4.50. The average molecular weight is 304 g/mol. The summed E-state index contributed by atoms with van der Waals surface area (Å²) >= 11 is 0. The zero-order valence-corrected chi connectivity index (χ0v) is 14.4. The van der Waals surface area contributed by atoms with E-state index in [1.165, 1.54) is 12.8 Å². The van der Waals surface area contributed by atoms with Gasteiger partial charge in [0, 0.05) is 24.2 Å². The van der Waals surface area contributed by atoms with E-state index in [1.54, 1.807) is 7.11 Å². The fraction of sp³-hybridized carbons (Fsp3) is 0.529. The molecule has 5 nitrogen and oxygen atoms in total. The van der Waals surface area contributed by atoms with Crippen LogP contribution >= 0.6 is 0 Å². The fourth-order valence-electron chi connectivity index (χ4n) is 2.37. The van der Waals surface area contributed by atoms with Crippen LogP contribution in [0.5, 0.6) is 6.01 Å². The Morgan fingerprint density at radius 2 is 1.68 bits per heavy atom. The maximum Gasteiger partial charge on any atom is 0.318 e. The highest BCUT2D eigenvalue weighted by atomic mass is 16.5. The maximum atomic E-state index is 5.80. The molecule has 5 heteroatoms. The molecule has 2 heterocycles. The number of nitrogens with zero attached hydrogens (tertiary/aromatic N) is 3. The number of fused-ring (bicyclic) bond motifs is 1. The molecular weight excluding hydrogens is 276 g/mol. The van der Waals surface area contributed by atoms with Gasteiger partial charge in [-0.05, 0) is 31.0 Å².